The molecule has 12 nitrogen and oxygen atoms in total. The highest BCUT2D eigenvalue weighted by Crippen LogP contribution is 2.19. The molecule has 0 radical (unpaired) electrons. The number of rotatable bonds is 9. The van der Waals surface area contributed by atoms with Crippen molar-refractivity contribution in [3.05, 3.63) is 60.8 Å². The Bertz CT molecular complexity index is 1050. The highest BCUT2D eigenvalue weighted by Gasteiger charge is 2.44. The quantitative estimate of drug-likeness (QED) is 0.125. The molecule has 2 saturated heterocycles. The second kappa shape index (κ2) is 17.5. The lowest BCUT2D eigenvalue weighted by atomic mass is 10.0. The van der Waals surface area contributed by atoms with Gasteiger partial charge in [-0.3, -0.25) is 24.0 Å². The van der Waals surface area contributed by atoms with E-state index in [1.54, 1.807) is 18.2 Å². The molecule has 0 aromatic carbocycles. The molecule has 2 fully saturated rings. The average Bonchev–Trinajstić information content (AvgIpc) is 3.30. The van der Waals surface area contributed by atoms with Crippen LogP contribution in [0.1, 0.15) is 39.0 Å². The van der Waals surface area contributed by atoms with Crippen LogP contribution in [0.2, 0.25) is 0 Å². The fourth-order valence-electron chi connectivity index (χ4n) is 3.82. The van der Waals surface area contributed by atoms with Gasteiger partial charge in [0.1, 0.15) is 0 Å². The zero-order chi connectivity index (χ0) is 29.3. The first-order chi connectivity index (χ1) is 19.2. The summed E-state index contributed by atoms with van der Waals surface area (Å²) in [7, 11) is 0. The third-order valence-electron chi connectivity index (χ3n) is 5.94. The smallest absolute Gasteiger partial charge is 0.308 e. The number of hydrogen-bond acceptors (Lipinski definition) is 8. The van der Waals surface area contributed by atoms with Crippen molar-refractivity contribution in [2.45, 2.75) is 69.4 Å². The van der Waals surface area contributed by atoms with Crippen LogP contribution in [0.25, 0.3) is 0 Å². The Kier molecular flexibility index (Phi) is 14.1. The monoisotopic (exact) mass is 558 g/mol. The lowest BCUT2D eigenvalue weighted by molar-refractivity contribution is -0.151. The average molecular weight is 559 g/mol. The number of fused-ring (bicyclic) bond motifs is 1. The lowest BCUT2D eigenvalue weighted by Gasteiger charge is -2.26. The number of aliphatic hydroxyl groups is 2. The predicted molar refractivity (Wildman–Crippen MR) is 146 cm³/mol. The van der Waals surface area contributed by atoms with Crippen LogP contribution >= 0.6 is 0 Å². The zero-order valence-electron chi connectivity index (χ0n) is 22.5. The van der Waals surface area contributed by atoms with Crippen LogP contribution in [0, 0.1) is 0 Å². The number of unbranched alkanes of at least 4 members (excludes halogenated alkanes) is 1. The van der Waals surface area contributed by atoms with Gasteiger partial charge in [0.15, 0.2) is 18.3 Å². The largest absolute Gasteiger partial charge is 0.457 e. The van der Waals surface area contributed by atoms with Crippen LogP contribution in [0.5, 0.6) is 0 Å². The minimum Gasteiger partial charge on any atom is -0.457 e. The molecule has 218 valence electrons. The second-order valence-electron chi connectivity index (χ2n) is 9.15. The molecule has 2 rings (SSSR count). The number of carbonyl (C=O) groups excluding carboxylic acids is 5. The van der Waals surface area contributed by atoms with Crippen molar-refractivity contribution < 1.29 is 38.9 Å². The molecule has 0 spiro atoms. The highest BCUT2D eigenvalue weighted by atomic mass is 16.6. The Morgan fingerprint density at radius 3 is 2.08 bits per heavy atom. The lowest BCUT2D eigenvalue weighted by Crippen LogP contribution is -2.56. The van der Waals surface area contributed by atoms with Gasteiger partial charge >= 0.3 is 5.97 Å². The van der Waals surface area contributed by atoms with E-state index in [2.05, 4.69) is 40.3 Å². The molecule has 0 bridgehead atoms. The summed E-state index contributed by atoms with van der Waals surface area (Å²) in [6.07, 6.45) is 16.5. The van der Waals surface area contributed by atoms with E-state index >= 15 is 0 Å². The number of amides is 4. The van der Waals surface area contributed by atoms with Crippen LogP contribution in [0.15, 0.2) is 60.8 Å². The number of ether oxygens (including phenoxy) is 1. The first-order valence-corrected chi connectivity index (χ1v) is 13.2. The van der Waals surface area contributed by atoms with Crippen LogP contribution in [-0.2, 0) is 28.7 Å². The first kappa shape index (κ1) is 32.2. The molecule has 12 heteroatoms. The third-order valence-corrected chi connectivity index (χ3v) is 5.94. The molecule has 6 N–H and O–H groups in total. The summed E-state index contributed by atoms with van der Waals surface area (Å²) < 4.78 is 4.99. The van der Waals surface area contributed by atoms with Crippen molar-refractivity contribution >= 4 is 29.6 Å². The molecule has 0 aromatic heterocycles. The van der Waals surface area contributed by atoms with Crippen molar-refractivity contribution in [3.63, 3.8) is 0 Å². The van der Waals surface area contributed by atoms with Gasteiger partial charge in [-0.15, -0.1) is 0 Å². The van der Waals surface area contributed by atoms with Crippen LogP contribution in [0.3, 0.4) is 0 Å². The fraction of sp³-hybridized carbons (Fsp3) is 0.464. The van der Waals surface area contributed by atoms with Crippen molar-refractivity contribution in [3.8, 4) is 0 Å². The number of nitrogens with one attached hydrogen (secondary N) is 4. The molecule has 0 aliphatic carbocycles. The number of allylic oxidation sites excluding steroid dienone is 9. The van der Waals surface area contributed by atoms with Gasteiger partial charge in [0.25, 0.3) is 11.8 Å². The SMILES string of the molecule is CC/C=C/C=C/CC/C=C/C=C/C=C/C[C@H]1NC(=O)CNC(=O)CNC(=O)[C@H](O)[C@H]2OC(=O)C[C@@H]2NC(=O)[C@@H]1O. The molecular formula is C28H38N4O8. The summed E-state index contributed by atoms with van der Waals surface area (Å²) in [5.41, 5.74) is 0. The van der Waals surface area contributed by atoms with Gasteiger partial charge in [-0.25, -0.2) is 0 Å². The second-order valence-corrected chi connectivity index (χ2v) is 9.15. The maximum atomic E-state index is 12.8. The van der Waals surface area contributed by atoms with Gasteiger partial charge in [-0.2, -0.15) is 0 Å². The molecule has 0 unspecified atom stereocenters. The summed E-state index contributed by atoms with van der Waals surface area (Å²) in [5.74, 6) is -4.08. The van der Waals surface area contributed by atoms with E-state index in [9.17, 15) is 34.2 Å². The van der Waals surface area contributed by atoms with Crippen molar-refractivity contribution in [2.75, 3.05) is 13.1 Å². The summed E-state index contributed by atoms with van der Waals surface area (Å²) in [5, 5.41) is 30.4. The molecule has 4 amide bonds. The van der Waals surface area contributed by atoms with Gasteiger partial charge in [-0.05, 0) is 25.7 Å². The first-order valence-electron chi connectivity index (χ1n) is 13.2. The number of esters is 1. The number of carbonyl (C=O) groups is 5. The maximum Gasteiger partial charge on any atom is 0.308 e. The van der Waals surface area contributed by atoms with Gasteiger partial charge in [0, 0.05) is 0 Å². The highest BCUT2D eigenvalue weighted by molar-refractivity contribution is 5.91. The molecule has 40 heavy (non-hydrogen) atoms. The fourth-order valence-corrected chi connectivity index (χ4v) is 3.82. The topological polar surface area (TPSA) is 183 Å². The van der Waals surface area contributed by atoms with E-state index in [1.807, 2.05) is 30.4 Å². The molecule has 0 aromatic rings. The van der Waals surface area contributed by atoms with Gasteiger partial charge in [-0.1, -0.05) is 67.7 Å². The molecule has 2 heterocycles. The number of hydrogen-bond donors (Lipinski definition) is 6. The summed E-state index contributed by atoms with van der Waals surface area (Å²) in [4.78, 5) is 61.2. The van der Waals surface area contributed by atoms with Crippen LogP contribution < -0.4 is 21.3 Å². The predicted octanol–water partition coefficient (Wildman–Crippen LogP) is -0.399. The molecule has 2 aliphatic heterocycles. The number of aliphatic hydroxyl groups excluding tert-OH is 2. The summed E-state index contributed by atoms with van der Waals surface area (Å²) in [6.45, 7) is 1.07. The Hall–Kier alpha value is -4.03. The van der Waals surface area contributed by atoms with Crippen LogP contribution in [0.4, 0.5) is 0 Å². The van der Waals surface area contributed by atoms with Crippen molar-refractivity contribution in [2.24, 2.45) is 0 Å². The zero-order valence-corrected chi connectivity index (χ0v) is 22.5. The Labute approximate surface area is 233 Å². The summed E-state index contributed by atoms with van der Waals surface area (Å²) >= 11 is 0. The molecule has 2 aliphatic rings. The van der Waals surface area contributed by atoms with E-state index in [0.29, 0.717) is 0 Å². The Morgan fingerprint density at radius 1 is 0.750 bits per heavy atom. The van der Waals surface area contributed by atoms with E-state index in [4.69, 9.17) is 4.74 Å². The third kappa shape index (κ3) is 11.4. The molecule has 5 atom stereocenters. The van der Waals surface area contributed by atoms with Crippen molar-refractivity contribution in [1.82, 2.24) is 21.3 Å². The van der Waals surface area contributed by atoms with Gasteiger partial charge in [0.05, 0.1) is 31.6 Å². The standard InChI is InChI=1S/C28H38N4O8/c1-2-3-4-5-6-7-8-9-10-11-12-13-14-15-19-24(36)28(39)32-20-16-23(35)40-26(20)25(37)27(38)30-17-21(33)29-18-22(34)31-19/h3-6,9-14,19-20,24-26,36-37H,2,7-8,15-18H2,1H3,(H,29,33)(H,30,38)(H,31,34)(H,32,39)/b4-3+,6-5+,10-9+,12-11+,14-13+/t19-,20+,24-,25-,26+/m1/s1. The Morgan fingerprint density at radius 2 is 1.38 bits per heavy atom. The minimum atomic E-state index is -1.87. The Balaban J connectivity index is 2.03. The molecule has 0 saturated carbocycles. The van der Waals surface area contributed by atoms with Crippen molar-refractivity contribution in [1.29, 1.82) is 0 Å². The maximum absolute atomic E-state index is 12.8. The normalized spacial score (nSPS) is 27.5. The van der Waals surface area contributed by atoms with E-state index < -0.39 is 73.1 Å². The van der Waals surface area contributed by atoms with E-state index in [0.717, 1.165) is 19.3 Å². The van der Waals surface area contributed by atoms with E-state index in [-0.39, 0.29) is 12.8 Å². The van der Waals surface area contributed by atoms with Gasteiger partial charge in [0.2, 0.25) is 11.8 Å². The van der Waals surface area contributed by atoms with E-state index in [1.165, 1.54) is 0 Å². The minimum absolute atomic E-state index is 0.0601. The van der Waals surface area contributed by atoms with Gasteiger partial charge < -0.3 is 36.2 Å². The summed E-state index contributed by atoms with van der Waals surface area (Å²) in [6, 6.07) is -2.19. The van der Waals surface area contributed by atoms with Crippen LogP contribution in [-0.4, -0.2) is 83.3 Å². The molecular weight excluding hydrogens is 520 g/mol.